The number of sulfonamides is 1. The van der Waals surface area contributed by atoms with Gasteiger partial charge in [0.25, 0.3) is 0 Å². The molecule has 1 aliphatic heterocycles. The van der Waals surface area contributed by atoms with E-state index in [4.69, 9.17) is 4.74 Å². The van der Waals surface area contributed by atoms with Crippen molar-refractivity contribution in [2.45, 2.75) is 25.9 Å². The number of fused-ring (bicyclic) bond motifs is 1. The number of nitrogens with one attached hydrogen (secondary N) is 1. The molecule has 3 aromatic rings. The fraction of sp³-hybridized carbons (Fsp3) is 0.375. The highest BCUT2D eigenvalue weighted by Crippen LogP contribution is 2.36. The summed E-state index contributed by atoms with van der Waals surface area (Å²) in [7, 11) is 0.0445. The summed E-state index contributed by atoms with van der Waals surface area (Å²) in [4.78, 5) is 13.4. The van der Waals surface area contributed by atoms with E-state index < -0.39 is 10.0 Å². The van der Waals surface area contributed by atoms with Gasteiger partial charge < -0.3 is 9.64 Å². The molecule has 0 saturated carbocycles. The molecule has 34 heavy (non-hydrogen) atoms. The Morgan fingerprint density at radius 1 is 1.12 bits per heavy atom. The third-order valence-electron chi connectivity index (χ3n) is 6.31. The van der Waals surface area contributed by atoms with Gasteiger partial charge in [0, 0.05) is 48.5 Å². The van der Waals surface area contributed by atoms with Gasteiger partial charge in [0.2, 0.25) is 15.9 Å². The number of rotatable bonds is 5. The molecule has 0 bridgehead atoms. The van der Waals surface area contributed by atoms with Crippen LogP contribution in [0.2, 0.25) is 0 Å². The van der Waals surface area contributed by atoms with Crippen LogP contribution in [-0.2, 0) is 10.0 Å². The van der Waals surface area contributed by atoms with Gasteiger partial charge in [0.05, 0.1) is 30.1 Å². The van der Waals surface area contributed by atoms with Crippen molar-refractivity contribution in [3.05, 3.63) is 42.2 Å². The first-order valence-corrected chi connectivity index (χ1v) is 12.8. The van der Waals surface area contributed by atoms with E-state index in [2.05, 4.69) is 51.5 Å². The molecule has 1 aliphatic rings. The van der Waals surface area contributed by atoms with Crippen LogP contribution in [-0.4, -0.2) is 68.9 Å². The summed E-state index contributed by atoms with van der Waals surface area (Å²) in [5.74, 6) is 0.185. The number of likely N-dealkylation sites (N-methyl/N-ethyl adjacent to an activating group) is 1. The average molecular weight is 481 g/mol. The van der Waals surface area contributed by atoms with E-state index in [0.29, 0.717) is 23.2 Å². The average Bonchev–Trinajstić information content (AvgIpc) is 2.80. The lowest BCUT2D eigenvalue weighted by atomic mass is 10.00. The third-order valence-corrected chi connectivity index (χ3v) is 6.90. The van der Waals surface area contributed by atoms with Gasteiger partial charge in [-0.05, 0) is 44.7 Å². The predicted molar refractivity (Wildman–Crippen MR) is 134 cm³/mol. The summed E-state index contributed by atoms with van der Waals surface area (Å²) in [6.07, 6.45) is 4.34. The maximum atomic E-state index is 11.8. The van der Waals surface area contributed by atoms with Crippen LogP contribution >= 0.6 is 0 Å². The van der Waals surface area contributed by atoms with Crippen molar-refractivity contribution in [2.75, 3.05) is 43.1 Å². The van der Waals surface area contributed by atoms with Gasteiger partial charge >= 0.3 is 0 Å². The Balaban J connectivity index is 1.86. The predicted octanol–water partition coefficient (Wildman–Crippen LogP) is 3.08. The Morgan fingerprint density at radius 2 is 1.82 bits per heavy atom. The van der Waals surface area contributed by atoms with Gasteiger partial charge in [-0.2, -0.15) is 5.26 Å². The van der Waals surface area contributed by atoms with E-state index in [1.807, 2.05) is 18.2 Å². The molecule has 9 nitrogen and oxygen atoms in total. The van der Waals surface area contributed by atoms with Crippen molar-refractivity contribution in [1.29, 1.82) is 5.26 Å². The molecule has 178 valence electrons. The molecule has 1 N–H and O–H groups in total. The van der Waals surface area contributed by atoms with Crippen LogP contribution in [0.3, 0.4) is 0 Å². The molecule has 0 amide bonds. The lowest BCUT2D eigenvalue weighted by Gasteiger charge is -2.44. The van der Waals surface area contributed by atoms with E-state index in [1.165, 1.54) is 7.11 Å². The van der Waals surface area contributed by atoms with Crippen LogP contribution in [0.5, 0.6) is 5.88 Å². The quantitative estimate of drug-likeness (QED) is 0.593. The number of ether oxygens (including phenoxy) is 1. The normalized spacial score (nSPS) is 19.1. The van der Waals surface area contributed by atoms with Crippen LogP contribution in [0, 0.1) is 11.3 Å². The van der Waals surface area contributed by atoms with E-state index >= 15 is 0 Å². The molecule has 1 saturated heterocycles. The number of hydrogen-bond donors (Lipinski definition) is 1. The zero-order valence-corrected chi connectivity index (χ0v) is 20.7. The zero-order chi connectivity index (χ0) is 24.6. The molecule has 3 heterocycles. The lowest BCUT2D eigenvalue weighted by molar-refractivity contribution is 0.170. The van der Waals surface area contributed by atoms with Crippen LogP contribution in [0.1, 0.15) is 19.4 Å². The van der Waals surface area contributed by atoms with Gasteiger partial charge in [-0.1, -0.05) is 6.07 Å². The molecule has 0 unspecified atom stereocenters. The number of methoxy groups -OCH3 is 1. The van der Waals surface area contributed by atoms with Crippen molar-refractivity contribution in [3.8, 4) is 23.1 Å². The van der Waals surface area contributed by atoms with Gasteiger partial charge in [-0.15, -0.1) is 0 Å². The van der Waals surface area contributed by atoms with Crippen LogP contribution in [0.4, 0.5) is 11.4 Å². The lowest BCUT2D eigenvalue weighted by Crippen LogP contribution is -2.55. The van der Waals surface area contributed by atoms with Crippen LogP contribution < -0.4 is 14.4 Å². The fourth-order valence-corrected chi connectivity index (χ4v) is 4.96. The minimum absolute atomic E-state index is 0.185. The molecule has 2 atom stereocenters. The number of anilines is 2. The monoisotopic (exact) mass is 480 g/mol. The molecule has 0 aliphatic carbocycles. The summed E-state index contributed by atoms with van der Waals surface area (Å²) < 4.78 is 31.3. The summed E-state index contributed by atoms with van der Waals surface area (Å²) in [5, 5.41) is 10.7. The number of nitriles is 1. The van der Waals surface area contributed by atoms with Crippen LogP contribution in [0.15, 0.2) is 36.7 Å². The van der Waals surface area contributed by atoms with E-state index in [0.717, 1.165) is 41.5 Å². The largest absolute Gasteiger partial charge is 0.480 e. The molecular formula is C24H28N6O3S. The Hall–Kier alpha value is -3.42. The molecule has 2 aromatic heterocycles. The Bertz CT molecular complexity index is 1370. The van der Waals surface area contributed by atoms with Gasteiger partial charge in [-0.25, -0.2) is 13.4 Å². The van der Waals surface area contributed by atoms with E-state index in [-0.39, 0.29) is 11.6 Å². The van der Waals surface area contributed by atoms with Crippen molar-refractivity contribution in [3.63, 3.8) is 0 Å². The SMILES string of the molecule is COc1ncc(-c2ccc3ncc(C#N)c(N4C[C@H](C)N(C)[C@@H](C)C4)c3c2)cc1NS(C)(=O)=O. The second kappa shape index (κ2) is 9.08. The van der Waals surface area contributed by atoms with Crippen LogP contribution in [0.25, 0.3) is 22.0 Å². The summed E-state index contributed by atoms with van der Waals surface area (Å²) in [5.41, 5.74) is 3.98. The summed E-state index contributed by atoms with van der Waals surface area (Å²) >= 11 is 0. The van der Waals surface area contributed by atoms with Crippen molar-refractivity contribution in [2.24, 2.45) is 0 Å². The van der Waals surface area contributed by atoms with Gasteiger partial charge in [0.1, 0.15) is 11.8 Å². The Morgan fingerprint density at radius 3 is 2.44 bits per heavy atom. The molecule has 1 aromatic carbocycles. The number of nitrogens with zero attached hydrogens (tertiary/aromatic N) is 5. The fourth-order valence-electron chi connectivity index (χ4n) is 4.41. The third kappa shape index (κ3) is 4.62. The molecule has 1 fully saturated rings. The summed E-state index contributed by atoms with van der Waals surface area (Å²) in [6.45, 7) is 5.96. The smallest absolute Gasteiger partial charge is 0.238 e. The van der Waals surface area contributed by atoms with Gasteiger partial charge in [-0.3, -0.25) is 14.6 Å². The van der Waals surface area contributed by atoms with Crippen molar-refractivity contribution < 1.29 is 13.2 Å². The maximum absolute atomic E-state index is 11.8. The minimum Gasteiger partial charge on any atom is -0.480 e. The highest BCUT2D eigenvalue weighted by Gasteiger charge is 2.29. The second-order valence-electron chi connectivity index (χ2n) is 8.79. The van der Waals surface area contributed by atoms with E-state index in [1.54, 1.807) is 18.5 Å². The molecule has 10 heteroatoms. The highest BCUT2D eigenvalue weighted by atomic mass is 32.2. The summed E-state index contributed by atoms with van der Waals surface area (Å²) in [6, 6.07) is 10.5. The zero-order valence-electron chi connectivity index (χ0n) is 19.9. The standard InChI is InChI=1S/C24H28N6O3S/c1-15-13-30(14-16(2)29(15)3)23-19(10-25)12-26-21-7-6-17(8-20(21)23)18-9-22(28-34(5,31)32)24(33-4)27-11-18/h6-9,11-12,15-16,28H,13-14H2,1-5H3/t15-,16-/m0/s1. The first-order chi connectivity index (χ1) is 16.1. The molecule has 0 spiro atoms. The maximum Gasteiger partial charge on any atom is 0.238 e. The molecular weight excluding hydrogens is 452 g/mol. The molecule has 0 radical (unpaired) electrons. The Kier molecular flexibility index (Phi) is 6.34. The number of piperazine rings is 1. The van der Waals surface area contributed by atoms with Crippen molar-refractivity contribution >= 4 is 32.3 Å². The number of benzene rings is 1. The second-order valence-corrected chi connectivity index (χ2v) is 10.5. The van der Waals surface area contributed by atoms with E-state index in [9.17, 15) is 13.7 Å². The first kappa shape index (κ1) is 23.7. The highest BCUT2D eigenvalue weighted by molar-refractivity contribution is 7.92. The Labute approximate surface area is 200 Å². The first-order valence-electron chi connectivity index (χ1n) is 10.9. The van der Waals surface area contributed by atoms with Gasteiger partial charge in [0.15, 0.2) is 0 Å². The molecule has 4 rings (SSSR count). The van der Waals surface area contributed by atoms with Crippen molar-refractivity contribution in [1.82, 2.24) is 14.9 Å². The number of hydrogen-bond acceptors (Lipinski definition) is 8. The number of pyridine rings is 2. The minimum atomic E-state index is -3.52. The topological polar surface area (TPSA) is 111 Å². The number of aromatic nitrogens is 2.